The second kappa shape index (κ2) is 8.20. The van der Waals surface area contributed by atoms with Crippen LogP contribution in [0.2, 0.25) is 0 Å². The molecule has 2 amide bonds. The number of aromatic nitrogens is 1. The van der Waals surface area contributed by atoms with Crippen LogP contribution >= 0.6 is 0 Å². The van der Waals surface area contributed by atoms with Crippen LogP contribution < -0.4 is 5.32 Å². The maximum absolute atomic E-state index is 13.2. The second-order valence-electron chi connectivity index (χ2n) is 8.21. The minimum absolute atomic E-state index is 0.0525. The van der Waals surface area contributed by atoms with Crippen LogP contribution in [-0.4, -0.2) is 61.9 Å². The molecule has 0 saturated carbocycles. The summed E-state index contributed by atoms with van der Waals surface area (Å²) in [6.07, 6.45) is 0.687. The molecule has 0 bridgehead atoms. The number of nitrogens with zero attached hydrogens (tertiary/aromatic N) is 2. The van der Waals surface area contributed by atoms with Gasteiger partial charge in [0.1, 0.15) is 0 Å². The number of hydrogen-bond donors (Lipinski definition) is 1. The molecule has 1 N–H and O–H groups in total. The van der Waals surface area contributed by atoms with Crippen molar-refractivity contribution >= 4 is 17.5 Å². The highest BCUT2D eigenvalue weighted by Crippen LogP contribution is 2.42. The highest BCUT2D eigenvalue weighted by Gasteiger charge is 2.51. The van der Waals surface area contributed by atoms with Crippen LogP contribution in [0.1, 0.15) is 39.1 Å². The van der Waals surface area contributed by atoms with Gasteiger partial charge in [0.15, 0.2) is 0 Å². The first-order valence-corrected chi connectivity index (χ1v) is 10.2. The molecule has 0 unspecified atom stereocenters. The summed E-state index contributed by atoms with van der Waals surface area (Å²) in [5.74, 6) is -0.00722. The highest BCUT2D eigenvalue weighted by atomic mass is 16.5. The Balaban J connectivity index is 1.50. The van der Waals surface area contributed by atoms with Gasteiger partial charge in [-0.3, -0.25) is 9.59 Å². The number of ether oxygens (including phenoxy) is 2. The smallest absolute Gasteiger partial charge is 0.294 e. The van der Waals surface area contributed by atoms with Gasteiger partial charge in [0.25, 0.3) is 11.8 Å². The third-order valence-electron chi connectivity index (χ3n) is 6.12. The molecule has 2 fully saturated rings. The largest absolute Gasteiger partial charge is 0.384 e. The predicted octanol–water partition coefficient (Wildman–Crippen LogP) is 2.53. The average Bonchev–Trinajstić information content (AvgIpc) is 3.43. The lowest BCUT2D eigenvalue weighted by Crippen LogP contribution is -2.37. The van der Waals surface area contributed by atoms with Gasteiger partial charge < -0.3 is 24.2 Å². The first-order valence-electron chi connectivity index (χ1n) is 10.2. The molecule has 0 aliphatic carbocycles. The molecular formula is C22H27N3O5. The molecule has 2 aliphatic rings. The molecule has 8 nitrogen and oxygen atoms in total. The van der Waals surface area contributed by atoms with Crippen molar-refractivity contribution in [3.63, 3.8) is 0 Å². The third kappa shape index (κ3) is 3.73. The van der Waals surface area contributed by atoms with Crippen molar-refractivity contribution in [3.8, 4) is 0 Å². The number of aryl methyl sites for hydroxylation is 2. The van der Waals surface area contributed by atoms with Crippen LogP contribution in [0.5, 0.6) is 0 Å². The molecular weight excluding hydrogens is 386 g/mol. The molecule has 0 spiro atoms. The quantitative estimate of drug-likeness (QED) is 0.782. The lowest BCUT2D eigenvalue weighted by atomic mass is 9.82. The van der Waals surface area contributed by atoms with Crippen molar-refractivity contribution in [1.29, 1.82) is 0 Å². The number of nitrogens with one attached hydrogen (secondary N) is 1. The van der Waals surface area contributed by atoms with Gasteiger partial charge in [0.2, 0.25) is 5.76 Å². The Bertz CT molecular complexity index is 956. The maximum atomic E-state index is 13.2. The van der Waals surface area contributed by atoms with Crippen molar-refractivity contribution in [2.45, 2.75) is 20.3 Å². The molecule has 1 aromatic heterocycles. The lowest BCUT2D eigenvalue weighted by Gasteiger charge is -2.26. The molecule has 2 aromatic rings. The Morgan fingerprint density at radius 2 is 2.20 bits per heavy atom. The fourth-order valence-corrected chi connectivity index (χ4v) is 4.32. The molecule has 4 rings (SSSR count). The van der Waals surface area contributed by atoms with Gasteiger partial charge in [-0.25, -0.2) is 0 Å². The summed E-state index contributed by atoms with van der Waals surface area (Å²) in [5.41, 5.74) is 2.56. The molecule has 2 saturated heterocycles. The Morgan fingerprint density at radius 3 is 2.93 bits per heavy atom. The lowest BCUT2D eigenvalue weighted by molar-refractivity contribution is 0.0489. The van der Waals surface area contributed by atoms with Crippen molar-refractivity contribution in [2.75, 3.05) is 45.3 Å². The number of amides is 2. The molecule has 0 radical (unpaired) electrons. The minimum Gasteiger partial charge on any atom is -0.384 e. The molecule has 3 heterocycles. The fourth-order valence-electron chi connectivity index (χ4n) is 4.32. The van der Waals surface area contributed by atoms with Crippen molar-refractivity contribution in [2.24, 2.45) is 11.3 Å². The van der Waals surface area contributed by atoms with Gasteiger partial charge in [0, 0.05) is 48.8 Å². The second-order valence-corrected chi connectivity index (χ2v) is 8.21. The van der Waals surface area contributed by atoms with E-state index in [0.717, 1.165) is 5.56 Å². The monoisotopic (exact) mass is 413 g/mol. The Kier molecular flexibility index (Phi) is 5.62. The molecule has 8 heteroatoms. The number of anilines is 1. The third-order valence-corrected chi connectivity index (χ3v) is 6.12. The van der Waals surface area contributed by atoms with Crippen LogP contribution in [0.15, 0.2) is 28.8 Å². The summed E-state index contributed by atoms with van der Waals surface area (Å²) in [7, 11) is 1.68. The first kappa shape index (κ1) is 20.6. The minimum atomic E-state index is -0.387. The van der Waals surface area contributed by atoms with E-state index in [-0.39, 0.29) is 28.9 Å². The van der Waals surface area contributed by atoms with E-state index in [1.807, 2.05) is 24.8 Å². The van der Waals surface area contributed by atoms with Crippen LogP contribution in [-0.2, 0) is 15.9 Å². The summed E-state index contributed by atoms with van der Waals surface area (Å²) < 4.78 is 16.2. The van der Waals surface area contributed by atoms with E-state index in [2.05, 4.69) is 10.5 Å². The number of benzene rings is 1. The number of carbonyl (C=O) groups excluding carboxylic acids is 2. The van der Waals surface area contributed by atoms with Gasteiger partial charge in [0.05, 0.1) is 25.5 Å². The number of methoxy groups -OCH3 is 1. The molecule has 160 valence electrons. The normalized spacial score (nSPS) is 22.9. The van der Waals surface area contributed by atoms with E-state index < -0.39 is 0 Å². The summed E-state index contributed by atoms with van der Waals surface area (Å²) >= 11 is 0. The Morgan fingerprint density at radius 1 is 1.37 bits per heavy atom. The molecule has 2 aliphatic heterocycles. The van der Waals surface area contributed by atoms with Crippen LogP contribution in [0.4, 0.5) is 5.69 Å². The molecule has 30 heavy (non-hydrogen) atoms. The summed E-state index contributed by atoms with van der Waals surface area (Å²) in [5, 5.41) is 6.68. The maximum Gasteiger partial charge on any atom is 0.294 e. The molecule has 1 aromatic carbocycles. The van der Waals surface area contributed by atoms with Gasteiger partial charge in [-0.05, 0) is 31.0 Å². The van der Waals surface area contributed by atoms with E-state index in [1.54, 1.807) is 25.3 Å². The van der Waals surface area contributed by atoms with E-state index in [0.29, 0.717) is 56.3 Å². The van der Waals surface area contributed by atoms with E-state index in [4.69, 9.17) is 14.0 Å². The SMILES string of the molecule is CCc1cc(C(=O)Nc2cc(C(=O)N3C[C@H]4COC[C@@]4(COC)C3)ccc2C)on1. The summed E-state index contributed by atoms with van der Waals surface area (Å²) in [6, 6.07) is 6.98. The topological polar surface area (TPSA) is 93.9 Å². The predicted molar refractivity (Wildman–Crippen MR) is 110 cm³/mol. The van der Waals surface area contributed by atoms with Gasteiger partial charge in [-0.1, -0.05) is 18.1 Å². The number of hydrogen-bond acceptors (Lipinski definition) is 6. The first-order chi connectivity index (χ1) is 14.5. The number of carbonyl (C=O) groups is 2. The number of fused-ring (bicyclic) bond motifs is 1. The number of likely N-dealkylation sites (tertiary alicyclic amines) is 1. The average molecular weight is 413 g/mol. The molecule has 2 atom stereocenters. The van der Waals surface area contributed by atoms with Gasteiger partial charge >= 0.3 is 0 Å². The standard InChI is InChI=1S/C22H27N3O5/c1-4-17-8-19(30-24-17)20(26)23-18-7-15(6-5-14(18)2)21(27)25-9-16-10-29-13-22(16,11-25)12-28-3/h5-8,16H,4,9-13H2,1-3H3,(H,23,26)/t16-,22-/m0/s1. The van der Waals surface area contributed by atoms with Crippen molar-refractivity contribution < 1.29 is 23.6 Å². The van der Waals surface area contributed by atoms with Crippen molar-refractivity contribution in [1.82, 2.24) is 10.1 Å². The zero-order valence-electron chi connectivity index (χ0n) is 17.6. The Labute approximate surface area is 175 Å². The van der Waals surface area contributed by atoms with Gasteiger partial charge in [-0.2, -0.15) is 0 Å². The highest BCUT2D eigenvalue weighted by molar-refractivity contribution is 6.04. The van der Waals surface area contributed by atoms with E-state index in [9.17, 15) is 9.59 Å². The number of rotatable bonds is 6. The fraction of sp³-hybridized carbons (Fsp3) is 0.500. The zero-order valence-corrected chi connectivity index (χ0v) is 17.6. The van der Waals surface area contributed by atoms with Crippen LogP contribution in [0.25, 0.3) is 0 Å². The van der Waals surface area contributed by atoms with Gasteiger partial charge in [-0.15, -0.1) is 0 Å². The Hall–Kier alpha value is -2.71. The zero-order chi connectivity index (χ0) is 21.3. The van der Waals surface area contributed by atoms with Crippen molar-refractivity contribution in [3.05, 3.63) is 46.8 Å². The summed E-state index contributed by atoms with van der Waals surface area (Å²) in [4.78, 5) is 27.6. The van der Waals surface area contributed by atoms with Crippen LogP contribution in [0, 0.1) is 18.3 Å². The van der Waals surface area contributed by atoms with E-state index in [1.165, 1.54) is 0 Å². The summed E-state index contributed by atoms with van der Waals surface area (Å²) in [6.45, 7) is 6.92. The van der Waals surface area contributed by atoms with Crippen LogP contribution in [0.3, 0.4) is 0 Å². The van der Waals surface area contributed by atoms with E-state index >= 15 is 0 Å².